The van der Waals surface area contributed by atoms with Crippen molar-refractivity contribution in [2.24, 2.45) is 0 Å². The van der Waals surface area contributed by atoms with Gasteiger partial charge in [0.05, 0.1) is 14.2 Å². The SMILES string of the molecule is COc1cc(C)c(N(C)/C=C(\C)c2cc3cccnc3[nH]2)cc1OC. The number of methoxy groups -OCH3 is 2. The molecule has 1 aromatic carbocycles. The van der Waals surface area contributed by atoms with Gasteiger partial charge < -0.3 is 19.4 Å². The topological polar surface area (TPSA) is 50.4 Å². The lowest BCUT2D eigenvalue weighted by atomic mass is 10.1. The maximum absolute atomic E-state index is 5.42. The minimum atomic E-state index is 0.718. The molecule has 0 fully saturated rings. The smallest absolute Gasteiger partial charge is 0.162 e. The summed E-state index contributed by atoms with van der Waals surface area (Å²) in [6.07, 6.45) is 3.89. The van der Waals surface area contributed by atoms with Crippen molar-refractivity contribution in [3.8, 4) is 11.5 Å². The van der Waals surface area contributed by atoms with Crippen molar-refractivity contribution in [2.75, 3.05) is 26.2 Å². The van der Waals surface area contributed by atoms with Crippen molar-refractivity contribution < 1.29 is 9.47 Å². The van der Waals surface area contributed by atoms with Crippen LogP contribution in [0.3, 0.4) is 0 Å². The van der Waals surface area contributed by atoms with Gasteiger partial charge in [0.15, 0.2) is 11.5 Å². The Morgan fingerprint density at radius 2 is 1.88 bits per heavy atom. The predicted molar refractivity (Wildman–Crippen MR) is 102 cm³/mol. The van der Waals surface area contributed by atoms with Gasteiger partial charge >= 0.3 is 0 Å². The van der Waals surface area contributed by atoms with Crippen LogP contribution in [-0.4, -0.2) is 31.2 Å². The highest BCUT2D eigenvalue weighted by atomic mass is 16.5. The number of aromatic nitrogens is 2. The van der Waals surface area contributed by atoms with Crippen molar-refractivity contribution in [2.45, 2.75) is 13.8 Å². The van der Waals surface area contributed by atoms with Gasteiger partial charge in [-0.15, -0.1) is 0 Å². The molecule has 0 radical (unpaired) electrons. The Morgan fingerprint density at radius 1 is 1.16 bits per heavy atom. The van der Waals surface area contributed by atoms with Crippen LogP contribution in [-0.2, 0) is 0 Å². The fourth-order valence-electron chi connectivity index (χ4n) is 2.95. The first-order valence-corrected chi connectivity index (χ1v) is 8.11. The summed E-state index contributed by atoms with van der Waals surface area (Å²) in [4.78, 5) is 9.80. The maximum Gasteiger partial charge on any atom is 0.162 e. The van der Waals surface area contributed by atoms with E-state index >= 15 is 0 Å². The van der Waals surface area contributed by atoms with Crippen molar-refractivity contribution in [1.29, 1.82) is 0 Å². The Labute approximate surface area is 147 Å². The second kappa shape index (κ2) is 6.89. The second-order valence-electron chi connectivity index (χ2n) is 6.04. The fraction of sp³-hybridized carbons (Fsp3) is 0.250. The first-order valence-electron chi connectivity index (χ1n) is 8.11. The first kappa shape index (κ1) is 16.9. The van der Waals surface area contributed by atoms with Gasteiger partial charge in [-0.1, -0.05) is 0 Å². The standard InChI is InChI=1S/C20H23N3O2/c1-13-9-18(24-4)19(25-5)11-17(13)23(3)12-14(2)16-10-15-7-6-8-21-20(15)22-16/h6-12H,1-5H3,(H,21,22)/b14-12+. The molecule has 0 saturated heterocycles. The van der Waals surface area contributed by atoms with E-state index in [1.807, 2.05) is 25.2 Å². The van der Waals surface area contributed by atoms with Crippen molar-refractivity contribution in [3.05, 3.63) is 54.0 Å². The number of benzene rings is 1. The Hall–Kier alpha value is -2.95. The van der Waals surface area contributed by atoms with Gasteiger partial charge in [0, 0.05) is 42.3 Å². The van der Waals surface area contributed by atoms with Crippen LogP contribution in [0.4, 0.5) is 5.69 Å². The lowest BCUT2D eigenvalue weighted by molar-refractivity contribution is 0.355. The molecule has 0 unspecified atom stereocenters. The van der Waals surface area contributed by atoms with Crippen LogP contribution in [0.1, 0.15) is 18.2 Å². The minimum Gasteiger partial charge on any atom is -0.493 e. The Bertz CT molecular complexity index is 895. The normalized spacial score (nSPS) is 11.6. The number of nitrogens with one attached hydrogen (secondary N) is 1. The number of hydrogen-bond acceptors (Lipinski definition) is 4. The van der Waals surface area contributed by atoms with E-state index in [1.165, 1.54) is 0 Å². The van der Waals surface area contributed by atoms with Crippen LogP contribution >= 0.6 is 0 Å². The first-order chi connectivity index (χ1) is 12.0. The molecule has 25 heavy (non-hydrogen) atoms. The zero-order valence-electron chi connectivity index (χ0n) is 15.3. The molecule has 5 nitrogen and oxygen atoms in total. The largest absolute Gasteiger partial charge is 0.493 e. The summed E-state index contributed by atoms with van der Waals surface area (Å²) < 4.78 is 10.8. The zero-order chi connectivity index (χ0) is 18.0. The number of fused-ring (bicyclic) bond motifs is 1. The molecule has 0 aliphatic carbocycles. The number of nitrogens with zero attached hydrogens (tertiary/aromatic N) is 2. The second-order valence-corrected chi connectivity index (χ2v) is 6.04. The van der Waals surface area contributed by atoms with Gasteiger partial charge in [-0.25, -0.2) is 4.98 Å². The summed E-state index contributed by atoms with van der Waals surface area (Å²) in [5.74, 6) is 1.45. The molecule has 2 aromatic heterocycles. The average Bonchev–Trinajstić information content (AvgIpc) is 3.05. The lowest BCUT2D eigenvalue weighted by Crippen LogP contribution is -2.11. The number of ether oxygens (including phenoxy) is 2. The summed E-state index contributed by atoms with van der Waals surface area (Å²) in [5.41, 5.74) is 5.25. The molecule has 0 amide bonds. The van der Waals surface area contributed by atoms with Crippen molar-refractivity contribution in [1.82, 2.24) is 9.97 Å². The number of aryl methyl sites for hydroxylation is 1. The van der Waals surface area contributed by atoms with Gasteiger partial charge in [0.2, 0.25) is 0 Å². The summed E-state index contributed by atoms with van der Waals surface area (Å²) in [5, 5.41) is 1.11. The average molecular weight is 337 g/mol. The van der Waals surface area contributed by atoms with E-state index in [4.69, 9.17) is 9.47 Å². The summed E-state index contributed by atoms with van der Waals surface area (Å²) in [6.45, 7) is 4.14. The van der Waals surface area contributed by atoms with E-state index in [2.05, 4.69) is 47.0 Å². The van der Waals surface area contributed by atoms with E-state index < -0.39 is 0 Å². The highest BCUT2D eigenvalue weighted by Gasteiger charge is 2.11. The highest BCUT2D eigenvalue weighted by Crippen LogP contribution is 2.35. The lowest BCUT2D eigenvalue weighted by Gasteiger charge is -2.20. The predicted octanol–water partition coefficient (Wildman–Crippen LogP) is 4.39. The molecule has 130 valence electrons. The van der Waals surface area contributed by atoms with Crippen LogP contribution in [0, 0.1) is 6.92 Å². The zero-order valence-corrected chi connectivity index (χ0v) is 15.3. The van der Waals surface area contributed by atoms with Crippen LogP contribution in [0.2, 0.25) is 0 Å². The Morgan fingerprint density at radius 3 is 2.56 bits per heavy atom. The number of rotatable bonds is 5. The van der Waals surface area contributed by atoms with E-state index in [1.54, 1.807) is 20.4 Å². The van der Waals surface area contributed by atoms with Crippen LogP contribution in [0.5, 0.6) is 11.5 Å². The minimum absolute atomic E-state index is 0.718. The molecule has 0 aliphatic rings. The third-order valence-electron chi connectivity index (χ3n) is 4.29. The van der Waals surface area contributed by atoms with Gasteiger partial charge in [-0.05, 0) is 49.2 Å². The van der Waals surface area contributed by atoms with Gasteiger partial charge in [0.1, 0.15) is 5.65 Å². The molecule has 0 bridgehead atoms. The summed E-state index contributed by atoms with van der Waals surface area (Å²) in [7, 11) is 5.32. The van der Waals surface area contributed by atoms with Crippen LogP contribution in [0.25, 0.3) is 16.6 Å². The molecule has 3 aromatic rings. The number of allylic oxidation sites excluding steroid dienone is 1. The molecular weight excluding hydrogens is 314 g/mol. The molecular formula is C20H23N3O2. The molecule has 0 aliphatic heterocycles. The number of anilines is 1. The summed E-state index contributed by atoms with van der Waals surface area (Å²) >= 11 is 0. The third-order valence-corrected chi connectivity index (χ3v) is 4.29. The molecule has 0 saturated carbocycles. The van der Waals surface area contributed by atoms with Gasteiger partial charge in [0.25, 0.3) is 0 Å². The van der Waals surface area contributed by atoms with Crippen LogP contribution < -0.4 is 14.4 Å². The molecule has 0 spiro atoms. The Kier molecular flexibility index (Phi) is 4.65. The Balaban J connectivity index is 1.94. The number of aromatic amines is 1. The quantitative estimate of drug-likeness (QED) is 0.750. The van der Waals surface area contributed by atoms with E-state index in [-0.39, 0.29) is 0 Å². The number of pyridine rings is 1. The molecule has 3 rings (SSSR count). The number of H-pyrrole nitrogens is 1. The molecule has 5 heteroatoms. The molecule has 2 heterocycles. The monoisotopic (exact) mass is 337 g/mol. The van der Waals surface area contributed by atoms with E-state index in [0.29, 0.717) is 0 Å². The third kappa shape index (κ3) is 3.31. The van der Waals surface area contributed by atoms with Crippen molar-refractivity contribution >= 4 is 22.3 Å². The maximum atomic E-state index is 5.42. The van der Waals surface area contributed by atoms with Gasteiger partial charge in [-0.3, -0.25) is 0 Å². The van der Waals surface area contributed by atoms with Crippen LogP contribution in [0.15, 0.2) is 42.7 Å². The fourth-order valence-corrected chi connectivity index (χ4v) is 2.95. The van der Waals surface area contributed by atoms with E-state index in [9.17, 15) is 0 Å². The highest BCUT2D eigenvalue weighted by molar-refractivity contribution is 5.82. The summed E-state index contributed by atoms with van der Waals surface area (Å²) in [6, 6.07) is 10.1. The molecule has 0 atom stereocenters. The molecule has 1 N–H and O–H groups in total. The number of hydrogen-bond donors (Lipinski definition) is 1. The van der Waals surface area contributed by atoms with E-state index in [0.717, 1.165) is 45.1 Å². The van der Waals surface area contributed by atoms with Gasteiger partial charge in [-0.2, -0.15) is 0 Å². The van der Waals surface area contributed by atoms with Crippen molar-refractivity contribution in [3.63, 3.8) is 0 Å².